The highest BCUT2D eigenvalue weighted by atomic mass is 16.5. The number of ether oxygens (including phenoxy) is 1. The van der Waals surface area contributed by atoms with Crippen LogP contribution in [-0.2, 0) is 11.3 Å². The quantitative estimate of drug-likeness (QED) is 0.292. The van der Waals surface area contributed by atoms with E-state index < -0.39 is 0 Å². The van der Waals surface area contributed by atoms with Crippen LogP contribution in [-0.4, -0.2) is 44.2 Å². The molecule has 1 fully saturated rings. The normalized spacial score (nSPS) is 15.2. The van der Waals surface area contributed by atoms with Crippen molar-refractivity contribution in [3.63, 3.8) is 0 Å². The molecular formula is C22H36N4O2. The van der Waals surface area contributed by atoms with E-state index in [-0.39, 0.29) is 11.9 Å². The molecule has 1 aromatic rings. The highest BCUT2D eigenvalue weighted by molar-refractivity contribution is 5.94. The largest absolute Gasteiger partial charge is 0.381 e. The van der Waals surface area contributed by atoms with Gasteiger partial charge in [-0.05, 0) is 63.1 Å². The fourth-order valence-corrected chi connectivity index (χ4v) is 2.65. The first-order valence-corrected chi connectivity index (χ1v) is 10.6. The average Bonchev–Trinajstić information content (AvgIpc) is 3.53. The molecule has 0 saturated heterocycles. The summed E-state index contributed by atoms with van der Waals surface area (Å²) < 4.78 is 5.66. The predicted molar refractivity (Wildman–Crippen MR) is 115 cm³/mol. The number of guanidine groups is 1. The first-order chi connectivity index (χ1) is 13.6. The number of hydrogen-bond donors (Lipinski definition) is 3. The summed E-state index contributed by atoms with van der Waals surface area (Å²) in [6, 6.07) is 7.84. The van der Waals surface area contributed by atoms with Gasteiger partial charge < -0.3 is 20.7 Å². The molecular weight excluding hydrogens is 352 g/mol. The van der Waals surface area contributed by atoms with Gasteiger partial charge in [-0.15, -0.1) is 0 Å². The second-order valence-corrected chi connectivity index (χ2v) is 7.48. The number of amides is 1. The molecule has 1 saturated carbocycles. The Kier molecular flexibility index (Phi) is 9.83. The van der Waals surface area contributed by atoms with Crippen molar-refractivity contribution in [3.8, 4) is 0 Å². The molecule has 1 atom stereocenters. The van der Waals surface area contributed by atoms with Crippen LogP contribution in [0.15, 0.2) is 29.3 Å². The number of nitrogens with one attached hydrogen (secondary N) is 3. The van der Waals surface area contributed by atoms with E-state index >= 15 is 0 Å². The van der Waals surface area contributed by atoms with Crippen LogP contribution in [0.2, 0.25) is 0 Å². The van der Waals surface area contributed by atoms with E-state index in [1.54, 1.807) is 0 Å². The first-order valence-electron chi connectivity index (χ1n) is 10.6. The zero-order valence-electron chi connectivity index (χ0n) is 17.6. The lowest BCUT2D eigenvalue weighted by Crippen LogP contribution is -2.38. The summed E-state index contributed by atoms with van der Waals surface area (Å²) in [5.41, 5.74) is 1.69. The lowest BCUT2D eigenvalue weighted by molar-refractivity contribution is 0.0939. The Morgan fingerprint density at radius 2 is 2.11 bits per heavy atom. The van der Waals surface area contributed by atoms with Crippen LogP contribution in [0, 0.1) is 5.92 Å². The summed E-state index contributed by atoms with van der Waals surface area (Å²) in [5, 5.41) is 9.61. The van der Waals surface area contributed by atoms with Gasteiger partial charge in [0.15, 0.2) is 5.96 Å². The Balaban J connectivity index is 1.79. The molecule has 3 N–H and O–H groups in total. The number of rotatable bonds is 12. The topological polar surface area (TPSA) is 74.8 Å². The van der Waals surface area contributed by atoms with Gasteiger partial charge in [-0.3, -0.25) is 4.79 Å². The van der Waals surface area contributed by atoms with Crippen molar-refractivity contribution in [1.82, 2.24) is 16.0 Å². The van der Waals surface area contributed by atoms with Crippen molar-refractivity contribution in [2.75, 3.05) is 26.3 Å². The van der Waals surface area contributed by atoms with E-state index in [9.17, 15) is 4.79 Å². The molecule has 0 aliphatic heterocycles. The van der Waals surface area contributed by atoms with Crippen LogP contribution in [0.1, 0.15) is 62.4 Å². The van der Waals surface area contributed by atoms with Gasteiger partial charge >= 0.3 is 0 Å². The maximum atomic E-state index is 12.3. The van der Waals surface area contributed by atoms with Crippen LogP contribution < -0.4 is 16.0 Å². The molecule has 156 valence electrons. The number of hydrogen-bond acceptors (Lipinski definition) is 3. The summed E-state index contributed by atoms with van der Waals surface area (Å²) in [6.45, 7) is 9.98. The maximum absolute atomic E-state index is 12.3. The smallest absolute Gasteiger partial charge is 0.251 e. The minimum absolute atomic E-state index is 0.0311. The third-order valence-electron chi connectivity index (χ3n) is 4.75. The van der Waals surface area contributed by atoms with Gasteiger partial charge in [0.05, 0.1) is 6.54 Å². The molecule has 6 nitrogen and oxygen atoms in total. The van der Waals surface area contributed by atoms with Crippen LogP contribution in [0.4, 0.5) is 0 Å². The lowest BCUT2D eigenvalue weighted by Gasteiger charge is -2.13. The van der Waals surface area contributed by atoms with Crippen molar-refractivity contribution < 1.29 is 9.53 Å². The highest BCUT2D eigenvalue weighted by Crippen LogP contribution is 2.28. The molecule has 0 radical (unpaired) electrons. The van der Waals surface area contributed by atoms with E-state index in [1.165, 1.54) is 12.8 Å². The van der Waals surface area contributed by atoms with Crippen molar-refractivity contribution >= 4 is 11.9 Å². The van der Waals surface area contributed by atoms with E-state index in [1.807, 2.05) is 31.2 Å². The summed E-state index contributed by atoms with van der Waals surface area (Å²) >= 11 is 0. The van der Waals surface area contributed by atoms with Gasteiger partial charge in [0.1, 0.15) is 0 Å². The Morgan fingerprint density at radius 3 is 2.82 bits per heavy atom. The Hall–Kier alpha value is -2.08. The third kappa shape index (κ3) is 8.74. The van der Waals surface area contributed by atoms with Crippen LogP contribution >= 0.6 is 0 Å². The number of aliphatic imine (C=N–C) groups is 1. The number of nitrogens with zero attached hydrogens (tertiary/aromatic N) is 1. The second kappa shape index (κ2) is 12.4. The minimum atomic E-state index is -0.0311. The van der Waals surface area contributed by atoms with Crippen molar-refractivity contribution in [2.24, 2.45) is 10.9 Å². The number of carbonyl (C=O) groups is 1. The monoisotopic (exact) mass is 388 g/mol. The van der Waals surface area contributed by atoms with Crippen LogP contribution in [0.25, 0.3) is 0 Å². The highest BCUT2D eigenvalue weighted by Gasteiger charge is 2.20. The summed E-state index contributed by atoms with van der Waals surface area (Å²) in [4.78, 5) is 16.9. The van der Waals surface area contributed by atoms with E-state index in [0.29, 0.717) is 12.1 Å². The van der Waals surface area contributed by atoms with Gasteiger partial charge in [0, 0.05) is 37.9 Å². The second-order valence-electron chi connectivity index (χ2n) is 7.48. The van der Waals surface area contributed by atoms with E-state index in [4.69, 9.17) is 4.74 Å². The maximum Gasteiger partial charge on any atom is 0.251 e. The van der Waals surface area contributed by atoms with Crippen molar-refractivity contribution in [1.29, 1.82) is 0 Å². The SMILES string of the molecule is CCNC(=NCc1cccc(C(=O)NC(C)CC)c1)NCCCOCC1CC1. The molecule has 0 spiro atoms. The van der Waals surface area contributed by atoms with E-state index in [2.05, 4.69) is 34.8 Å². The van der Waals surface area contributed by atoms with Crippen LogP contribution in [0.3, 0.4) is 0 Å². The van der Waals surface area contributed by atoms with Gasteiger partial charge in [-0.2, -0.15) is 0 Å². The fourth-order valence-electron chi connectivity index (χ4n) is 2.65. The van der Waals surface area contributed by atoms with E-state index in [0.717, 1.165) is 56.6 Å². The third-order valence-corrected chi connectivity index (χ3v) is 4.75. The molecule has 0 aromatic heterocycles. The van der Waals surface area contributed by atoms with Gasteiger partial charge in [-0.25, -0.2) is 4.99 Å². The van der Waals surface area contributed by atoms with Gasteiger partial charge in [0.25, 0.3) is 5.91 Å². The Bertz CT molecular complexity index is 629. The molecule has 1 aliphatic carbocycles. The molecule has 1 aromatic carbocycles. The summed E-state index contributed by atoms with van der Waals surface area (Å²) in [5.74, 6) is 1.57. The molecule has 1 unspecified atom stereocenters. The zero-order valence-corrected chi connectivity index (χ0v) is 17.6. The van der Waals surface area contributed by atoms with Crippen molar-refractivity contribution in [2.45, 2.75) is 59.0 Å². The van der Waals surface area contributed by atoms with Crippen LogP contribution in [0.5, 0.6) is 0 Å². The number of benzene rings is 1. The summed E-state index contributed by atoms with van der Waals surface area (Å²) in [7, 11) is 0. The molecule has 1 amide bonds. The number of carbonyl (C=O) groups excluding carboxylic acids is 1. The molecule has 6 heteroatoms. The standard InChI is InChI=1S/C22H36N4O2/c1-4-17(3)26-21(27)20-9-6-8-19(14-20)15-25-22(23-5-2)24-12-7-13-28-16-18-10-11-18/h6,8-9,14,17-18H,4-5,7,10-13,15-16H2,1-3H3,(H,26,27)(H2,23,24,25). The Labute approximate surface area is 169 Å². The van der Waals surface area contributed by atoms with Crippen molar-refractivity contribution in [3.05, 3.63) is 35.4 Å². The zero-order chi connectivity index (χ0) is 20.2. The summed E-state index contributed by atoms with van der Waals surface area (Å²) in [6.07, 6.45) is 4.54. The minimum Gasteiger partial charge on any atom is -0.381 e. The predicted octanol–water partition coefficient (Wildman–Crippen LogP) is 3.09. The van der Waals surface area contributed by atoms with Gasteiger partial charge in [-0.1, -0.05) is 19.1 Å². The first kappa shape index (κ1) is 22.2. The molecule has 1 aliphatic rings. The molecule has 0 bridgehead atoms. The molecule has 2 rings (SSSR count). The molecule has 0 heterocycles. The lowest BCUT2D eigenvalue weighted by atomic mass is 10.1. The molecule has 28 heavy (non-hydrogen) atoms. The average molecular weight is 389 g/mol. The van der Waals surface area contributed by atoms with Gasteiger partial charge in [0.2, 0.25) is 0 Å². The fraction of sp³-hybridized carbons (Fsp3) is 0.636. The Morgan fingerprint density at radius 1 is 1.29 bits per heavy atom.